The smallest absolute Gasteiger partial charge is 0.249 e. The molecular formula is C16H23ClN2O2. The number of ether oxygens (including phenoxy) is 1. The molecule has 3 rings (SSSR count). The molecule has 2 atom stereocenters. The Morgan fingerprint density at radius 3 is 3.00 bits per heavy atom. The normalized spacial score (nSPS) is 24.6. The number of hydrogen-bond acceptors (Lipinski definition) is 3. The van der Waals surface area contributed by atoms with Crippen molar-refractivity contribution in [1.29, 1.82) is 0 Å². The highest BCUT2D eigenvalue weighted by Crippen LogP contribution is 2.22. The van der Waals surface area contributed by atoms with Crippen molar-refractivity contribution in [2.45, 2.75) is 37.8 Å². The highest BCUT2D eigenvalue weighted by Gasteiger charge is 2.24. The van der Waals surface area contributed by atoms with Crippen LogP contribution in [0.15, 0.2) is 24.3 Å². The number of rotatable bonds is 3. The second-order valence-electron chi connectivity index (χ2n) is 5.56. The molecule has 21 heavy (non-hydrogen) atoms. The molecule has 1 aromatic carbocycles. The van der Waals surface area contributed by atoms with Gasteiger partial charge in [0.05, 0.1) is 0 Å². The minimum absolute atomic E-state index is 0. The summed E-state index contributed by atoms with van der Waals surface area (Å²) in [5.41, 5.74) is 2.70. The Labute approximate surface area is 132 Å². The van der Waals surface area contributed by atoms with Crippen molar-refractivity contribution >= 4 is 18.3 Å². The molecule has 0 radical (unpaired) electrons. The maximum Gasteiger partial charge on any atom is 0.249 e. The molecule has 116 valence electrons. The third-order valence-corrected chi connectivity index (χ3v) is 4.17. The molecule has 1 aromatic rings. The fourth-order valence-electron chi connectivity index (χ4n) is 3.04. The van der Waals surface area contributed by atoms with Crippen molar-refractivity contribution < 1.29 is 9.53 Å². The molecule has 2 N–H and O–H groups in total. The first-order valence-corrected chi connectivity index (χ1v) is 7.55. The van der Waals surface area contributed by atoms with Gasteiger partial charge in [0.15, 0.2) is 0 Å². The lowest BCUT2D eigenvalue weighted by Gasteiger charge is -2.28. The molecule has 0 aliphatic carbocycles. The summed E-state index contributed by atoms with van der Waals surface area (Å²) < 4.78 is 5.52. The third-order valence-electron chi connectivity index (χ3n) is 4.17. The van der Waals surface area contributed by atoms with E-state index in [-0.39, 0.29) is 30.5 Å². The average Bonchev–Trinajstić information content (AvgIpc) is 2.53. The van der Waals surface area contributed by atoms with Gasteiger partial charge in [0.1, 0.15) is 6.10 Å². The van der Waals surface area contributed by atoms with Crippen LogP contribution in [0.25, 0.3) is 0 Å². The van der Waals surface area contributed by atoms with Gasteiger partial charge in [-0.1, -0.05) is 24.3 Å². The van der Waals surface area contributed by atoms with E-state index in [9.17, 15) is 4.79 Å². The van der Waals surface area contributed by atoms with Crippen molar-refractivity contribution in [3.63, 3.8) is 0 Å². The zero-order valence-corrected chi connectivity index (χ0v) is 13.0. The number of benzene rings is 1. The van der Waals surface area contributed by atoms with Crippen molar-refractivity contribution in [3.05, 3.63) is 35.4 Å². The summed E-state index contributed by atoms with van der Waals surface area (Å²) in [5.74, 6) is 0.0366. The molecule has 2 unspecified atom stereocenters. The highest BCUT2D eigenvalue weighted by atomic mass is 35.5. The number of amides is 1. The van der Waals surface area contributed by atoms with E-state index >= 15 is 0 Å². The van der Waals surface area contributed by atoms with Crippen LogP contribution in [0.1, 0.15) is 36.4 Å². The van der Waals surface area contributed by atoms with Crippen molar-refractivity contribution in [3.8, 4) is 0 Å². The largest absolute Gasteiger partial charge is 0.368 e. The minimum atomic E-state index is -0.248. The number of hydrogen-bond donors (Lipinski definition) is 2. The van der Waals surface area contributed by atoms with Gasteiger partial charge in [-0.25, -0.2) is 0 Å². The van der Waals surface area contributed by atoms with Crippen molar-refractivity contribution in [1.82, 2.24) is 10.6 Å². The quantitative estimate of drug-likeness (QED) is 0.897. The van der Waals surface area contributed by atoms with Gasteiger partial charge >= 0.3 is 0 Å². The maximum atomic E-state index is 12.1. The molecule has 5 heteroatoms. The predicted octanol–water partition coefficient (Wildman–Crippen LogP) is 1.98. The lowest BCUT2D eigenvalue weighted by atomic mass is 9.94. The summed E-state index contributed by atoms with van der Waals surface area (Å²) in [6.45, 7) is 2.32. The molecule has 2 heterocycles. The van der Waals surface area contributed by atoms with Crippen LogP contribution < -0.4 is 10.6 Å². The summed E-state index contributed by atoms with van der Waals surface area (Å²) in [4.78, 5) is 12.1. The summed E-state index contributed by atoms with van der Waals surface area (Å²) in [6.07, 6.45) is 3.82. The van der Waals surface area contributed by atoms with Gasteiger partial charge in [-0.05, 0) is 43.4 Å². The molecule has 1 fully saturated rings. The number of carbonyl (C=O) groups is 1. The summed E-state index contributed by atoms with van der Waals surface area (Å²) in [5, 5.41) is 6.51. The molecule has 2 aliphatic rings. The molecular weight excluding hydrogens is 288 g/mol. The third kappa shape index (κ3) is 3.96. The van der Waals surface area contributed by atoms with Crippen LogP contribution in [-0.4, -0.2) is 31.7 Å². The van der Waals surface area contributed by atoms with Crippen LogP contribution in [0, 0.1) is 0 Å². The van der Waals surface area contributed by atoms with Gasteiger partial charge in [0, 0.05) is 19.2 Å². The Morgan fingerprint density at radius 2 is 2.19 bits per heavy atom. The van der Waals surface area contributed by atoms with E-state index in [4.69, 9.17) is 4.74 Å². The monoisotopic (exact) mass is 310 g/mol. The molecule has 2 aliphatic heterocycles. The molecule has 0 aromatic heterocycles. The van der Waals surface area contributed by atoms with Crippen LogP contribution in [0.4, 0.5) is 0 Å². The maximum absolute atomic E-state index is 12.1. The topological polar surface area (TPSA) is 50.4 Å². The minimum Gasteiger partial charge on any atom is -0.368 e. The zero-order chi connectivity index (χ0) is 13.8. The van der Waals surface area contributed by atoms with Crippen LogP contribution in [0.5, 0.6) is 0 Å². The number of fused-ring (bicyclic) bond motifs is 1. The molecule has 0 saturated carbocycles. The summed E-state index contributed by atoms with van der Waals surface area (Å²) >= 11 is 0. The first-order chi connectivity index (χ1) is 9.84. The van der Waals surface area contributed by atoms with Gasteiger partial charge in [-0.2, -0.15) is 0 Å². The van der Waals surface area contributed by atoms with Gasteiger partial charge in [-0.3, -0.25) is 4.79 Å². The number of carbonyl (C=O) groups excluding carboxylic acids is 1. The Hall–Kier alpha value is -1.10. The first-order valence-electron chi connectivity index (χ1n) is 7.55. The molecule has 1 amide bonds. The fraction of sp³-hybridized carbons (Fsp3) is 0.562. The van der Waals surface area contributed by atoms with E-state index in [1.54, 1.807) is 0 Å². The lowest BCUT2D eigenvalue weighted by Crippen LogP contribution is -2.43. The fourth-order valence-corrected chi connectivity index (χ4v) is 3.04. The molecule has 0 spiro atoms. The standard InChI is InChI=1S/C16H22N2O2.ClH/c19-16(15-7-3-4-10-20-15)18-11-14-13-6-2-1-5-12(13)8-9-17-14;/h1-2,5-6,14-15,17H,3-4,7-11H2,(H,18,19);1H. The lowest BCUT2D eigenvalue weighted by molar-refractivity contribution is -0.135. The number of halogens is 1. The Morgan fingerprint density at radius 1 is 1.33 bits per heavy atom. The molecule has 0 bridgehead atoms. The van der Waals surface area contributed by atoms with E-state index in [0.29, 0.717) is 13.2 Å². The van der Waals surface area contributed by atoms with Crippen LogP contribution >= 0.6 is 12.4 Å². The first kappa shape index (κ1) is 16.3. The predicted molar refractivity (Wildman–Crippen MR) is 84.7 cm³/mol. The van der Waals surface area contributed by atoms with E-state index in [1.807, 2.05) is 0 Å². The molecule has 4 nitrogen and oxygen atoms in total. The SMILES string of the molecule is Cl.O=C(NCC1NCCc2ccccc21)C1CCCCO1. The average molecular weight is 311 g/mol. The highest BCUT2D eigenvalue weighted by molar-refractivity contribution is 5.85. The van der Waals surface area contributed by atoms with Crippen molar-refractivity contribution in [2.24, 2.45) is 0 Å². The summed E-state index contributed by atoms with van der Waals surface area (Å²) in [6, 6.07) is 8.68. The van der Waals surface area contributed by atoms with E-state index in [1.165, 1.54) is 11.1 Å². The second-order valence-corrected chi connectivity index (χ2v) is 5.56. The Bertz CT molecular complexity index is 475. The number of nitrogens with one attached hydrogen (secondary N) is 2. The van der Waals surface area contributed by atoms with Crippen molar-refractivity contribution in [2.75, 3.05) is 19.7 Å². The summed E-state index contributed by atoms with van der Waals surface area (Å²) in [7, 11) is 0. The van der Waals surface area contributed by atoms with Crippen LogP contribution in [0.3, 0.4) is 0 Å². The second kappa shape index (κ2) is 7.78. The van der Waals surface area contributed by atoms with E-state index in [0.717, 1.165) is 32.2 Å². The van der Waals surface area contributed by atoms with E-state index in [2.05, 4.69) is 34.9 Å². The Balaban J connectivity index is 0.00000161. The van der Waals surface area contributed by atoms with Crippen LogP contribution in [0.2, 0.25) is 0 Å². The van der Waals surface area contributed by atoms with Gasteiger partial charge in [0.2, 0.25) is 5.91 Å². The molecule has 1 saturated heterocycles. The van der Waals surface area contributed by atoms with Gasteiger partial charge in [-0.15, -0.1) is 12.4 Å². The van der Waals surface area contributed by atoms with Crippen LogP contribution in [-0.2, 0) is 16.0 Å². The Kier molecular flexibility index (Phi) is 6.03. The zero-order valence-electron chi connectivity index (χ0n) is 12.1. The van der Waals surface area contributed by atoms with E-state index < -0.39 is 0 Å². The van der Waals surface area contributed by atoms with Gasteiger partial charge < -0.3 is 15.4 Å². The van der Waals surface area contributed by atoms with Gasteiger partial charge in [0.25, 0.3) is 0 Å².